The molecule has 0 bridgehead atoms. The molecule has 2 aliphatic rings. The lowest BCUT2D eigenvalue weighted by Gasteiger charge is -2.33. The second kappa shape index (κ2) is 3.45. The maximum absolute atomic E-state index is 11.2. The Morgan fingerprint density at radius 2 is 2.38 bits per heavy atom. The Balaban J connectivity index is 2.26. The van der Waals surface area contributed by atoms with Gasteiger partial charge >= 0.3 is 5.97 Å². The van der Waals surface area contributed by atoms with Gasteiger partial charge in [-0.05, 0) is 6.42 Å². The minimum Gasteiger partial charge on any atom is -0.471 e. The van der Waals surface area contributed by atoms with Crippen LogP contribution in [-0.4, -0.2) is 27.9 Å². The minimum absolute atomic E-state index is 0.0644. The van der Waals surface area contributed by atoms with E-state index in [1.807, 2.05) is 0 Å². The number of hydrogen-bond acceptors (Lipinski definition) is 4. The number of rotatable bonds is 0. The molecule has 0 spiro atoms. The first-order valence-corrected chi connectivity index (χ1v) is 5.29. The van der Waals surface area contributed by atoms with Crippen molar-refractivity contribution in [3.63, 3.8) is 0 Å². The molecule has 2 rings (SSSR count). The zero-order valence-corrected chi connectivity index (χ0v) is 8.93. The molecule has 4 nitrogen and oxygen atoms in total. The highest BCUT2D eigenvalue weighted by atomic mass is 127. The minimum atomic E-state index is -0.805. The molecule has 0 aromatic heterocycles. The first-order valence-electron chi connectivity index (χ1n) is 4.05. The van der Waals surface area contributed by atoms with E-state index in [2.05, 4.69) is 22.6 Å². The van der Waals surface area contributed by atoms with Gasteiger partial charge in [0.1, 0.15) is 0 Å². The molecule has 0 aromatic carbocycles. The van der Waals surface area contributed by atoms with Crippen LogP contribution in [0.1, 0.15) is 6.42 Å². The molecule has 1 N–H and O–H groups in total. The summed E-state index contributed by atoms with van der Waals surface area (Å²) in [4.78, 5) is 11.2. The Bertz CT molecular complexity index is 263. The topological polar surface area (TPSA) is 55.8 Å². The van der Waals surface area contributed by atoms with E-state index >= 15 is 0 Å². The van der Waals surface area contributed by atoms with Crippen molar-refractivity contribution in [1.29, 1.82) is 0 Å². The summed E-state index contributed by atoms with van der Waals surface area (Å²) in [5.41, 5.74) is 0.552. The van der Waals surface area contributed by atoms with Crippen LogP contribution in [0.5, 0.6) is 0 Å². The van der Waals surface area contributed by atoms with Crippen LogP contribution in [0.4, 0.5) is 0 Å². The molecule has 2 heterocycles. The summed E-state index contributed by atoms with van der Waals surface area (Å²) < 4.78 is 9.71. The van der Waals surface area contributed by atoms with Gasteiger partial charge in [-0.1, -0.05) is 22.6 Å². The Kier molecular flexibility index (Phi) is 2.46. The van der Waals surface area contributed by atoms with E-state index in [1.54, 1.807) is 0 Å². The van der Waals surface area contributed by atoms with Gasteiger partial charge in [-0.15, -0.1) is 0 Å². The highest BCUT2D eigenvalue weighted by molar-refractivity contribution is 14.1. The average molecular weight is 296 g/mol. The fraction of sp³-hybridized carbons (Fsp3) is 0.625. The molecule has 72 valence electrons. The van der Waals surface area contributed by atoms with E-state index in [9.17, 15) is 9.90 Å². The van der Waals surface area contributed by atoms with E-state index in [4.69, 9.17) is 9.47 Å². The molecule has 5 heteroatoms. The van der Waals surface area contributed by atoms with Crippen molar-refractivity contribution >= 4 is 28.6 Å². The monoisotopic (exact) mass is 296 g/mol. The molecule has 13 heavy (non-hydrogen) atoms. The van der Waals surface area contributed by atoms with E-state index in [0.717, 1.165) is 6.42 Å². The summed E-state index contributed by atoms with van der Waals surface area (Å²) in [6.45, 7) is 0.438. The number of aliphatic hydroxyl groups is 1. The number of carbonyl (C=O) groups excluding carboxylic acids is 1. The third-order valence-electron chi connectivity index (χ3n) is 2.29. The van der Waals surface area contributed by atoms with Crippen LogP contribution in [0, 0.1) is 5.92 Å². The Morgan fingerprint density at radius 1 is 1.62 bits per heavy atom. The van der Waals surface area contributed by atoms with Crippen molar-refractivity contribution in [2.45, 2.75) is 16.6 Å². The number of aliphatic hydroxyl groups excluding tert-OH is 1. The Morgan fingerprint density at radius 3 is 3.15 bits per heavy atom. The quantitative estimate of drug-likeness (QED) is 0.404. The predicted octanol–water partition coefficient (Wildman–Crippen LogP) is 0.586. The molecule has 0 radical (unpaired) electrons. The molecule has 2 aliphatic heterocycles. The van der Waals surface area contributed by atoms with E-state index in [0.29, 0.717) is 12.2 Å². The van der Waals surface area contributed by atoms with Gasteiger partial charge in [0.25, 0.3) is 0 Å². The van der Waals surface area contributed by atoms with Crippen molar-refractivity contribution in [3.8, 4) is 0 Å². The SMILES string of the molecule is O=C1OCC[C@@H]2C1=COC(O)[C@@H]2I. The number of esters is 1. The zero-order chi connectivity index (χ0) is 9.42. The van der Waals surface area contributed by atoms with Gasteiger partial charge in [-0.2, -0.15) is 0 Å². The zero-order valence-electron chi connectivity index (χ0n) is 6.77. The maximum atomic E-state index is 11.2. The third kappa shape index (κ3) is 1.54. The fourth-order valence-electron chi connectivity index (χ4n) is 1.55. The molecule has 1 fully saturated rings. The third-order valence-corrected chi connectivity index (χ3v) is 3.77. The smallest absolute Gasteiger partial charge is 0.337 e. The van der Waals surface area contributed by atoms with Gasteiger partial charge in [0.2, 0.25) is 6.29 Å². The summed E-state index contributed by atoms with van der Waals surface area (Å²) in [5.74, 6) is -0.240. The van der Waals surface area contributed by atoms with E-state index in [1.165, 1.54) is 6.26 Å². The second-order valence-electron chi connectivity index (χ2n) is 3.08. The Hall–Kier alpha value is -0.300. The summed E-state index contributed by atoms with van der Waals surface area (Å²) in [5, 5.41) is 9.38. The first-order chi connectivity index (χ1) is 6.20. The predicted molar refractivity (Wildman–Crippen MR) is 52.0 cm³/mol. The van der Waals surface area contributed by atoms with Gasteiger partial charge in [0.05, 0.1) is 22.4 Å². The number of ether oxygens (including phenoxy) is 2. The van der Waals surface area contributed by atoms with Crippen molar-refractivity contribution in [3.05, 3.63) is 11.8 Å². The molecule has 1 unspecified atom stereocenters. The molecule has 0 aromatic rings. The molecule has 0 aliphatic carbocycles. The summed E-state index contributed by atoms with van der Waals surface area (Å²) in [7, 11) is 0. The summed E-state index contributed by atoms with van der Waals surface area (Å²) in [6, 6.07) is 0. The van der Waals surface area contributed by atoms with Crippen molar-refractivity contribution < 1.29 is 19.4 Å². The maximum Gasteiger partial charge on any atom is 0.337 e. The van der Waals surface area contributed by atoms with Gasteiger partial charge in [0.15, 0.2) is 0 Å². The highest BCUT2D eigenvalue weighted by Gasteiger charge is 2.39. The van der Waals surface area contributed by atoms with Crippen molar-refractivity contribution in [2.75, 3.05) is 6.61 Å². The van der Waals surface area contributed by atoms with Crippen LogP contribution >= 0.6 is 22.6 Å². The van der Waals surface area contributed by atoms with Gasteiger partial charge in [-0.3, -0.25) is 0 Å². The molecular weight excluding hydrogens is 287 g/mol. The number of alkyl halides is 1. The van der Waals surface area contributed by atoms with Crippen molar-refractivity contribution in [2.24, 2.45) is 5.92 Å². The van der Waals surface area contributed by atoms with Gasteiger partial charge in [-0.25, -0.2) is 4.79 Å². The first kappa shape index (κ1) is 9.26. The van der Waals surface area contributed by atoms with Gasteiger partial charge < -0.3 is 14.6 Å². The van der Waals surface area contributed by atoms with Crippen molar-refractivity contribution in [1.82, 2.24) is 0 Å². The molecule has 1 saturated heterocycles. The summed E-state index contributed by atoms with van der Waals surface area (Å²) in [6.07, 6.45) is 1.29. The largest absolute Gasteiger partial charge is 0.471 e. The summed E-state index contributed by atoms with van der Waals surface area (Å²) >= 11 is 2.10. The molecule has 0 amide bonds. The van der Waals surface area contributed by atoms with Crippen LogP contribution in [0.15, 0.2) is 11.8 Å². The number of hydrogen-bond donors (Lipinski definition) is 1. The Labute approximate surface area is 89.0 Å². The lowest BCUT2D eigenvalue weighted by Crippen LogP contribution is -2.40. The van der Waals surface area contributed by atoms with Crippen LogP contribution in [0.2, 0.25) is 0 Å². The van der Waals surface area contributed by atoms with Crippen LogP contribution in [0.25, 0.3) is 0 Å². The van der Waals surface area contributed by atoms with E-state index < -0.39 is 6.29 Å². The molecule has 3 atom stereocenters. The average Bonchev–Trinajstić information content (AvgIpc) is 2.12. The fourth-order valence-corrected chi connectivity index (χ4v) is 2.47. The number of cyclic esters (lactones) is 1. The standard InChI is InChI=1S/C8H9IO4/c9-6-4-1-2-12-7(10)5(4)3-13-8(6)11/h3-4,6,8,11H,1-2H2/t4-,6-,8?/m1/s1. The highest BCUT2D eigenvalue weighted by Crippen LogP contribution is 2.35. The lowest BCUT2D eigenvalue weighted by molar-refractivity contribution is -0.146. The van der Waals surface area contributed by atoms with Crippen LogP contribution in [-0.2, 0) is 14.3 Å². The second-order valence-corrected chi connectivity index (χ2v) is 4.51. The molecule has 0 saturated carbocycles. The van der Waals surface area contributed by atoms with E-state index in [-0.39, 0.29) is 15.8 Å². The number of fused-ring (bicyclic) bond motifs is 1. The van der Waals surface area contributed by atoms with Gasteiger partial charge in [0, 0.05) is 5.92 Å². The number of halogens is 1. The van der Waals surface area contributed by atoms with Crippen LogP contribution in [0.3, 0.4) is 0 Å². The number of carbonyl (C=O) groups is 1. The normalized spacial score (nSPS) is 38.5. The molecular formula is C8H9IO4. The van der Waals surface area contributed by atoms with Crippen LogP contribution < -0.4 is 0 Å². The lowest BCUT2D eigenvalue weighted by atomic mass is 9.90.